The molecule has 4 heterocycles. The smallest absolute Gasteiger partial charge is 0.0660 e. The third kappa shape index (κ3) is 5.33. The topological polar surface area (TPSA) is 0 Å². The summed E-state index contributed by atoms with van der Waals surface area (Å²) in [5.74, 6) is 4.73. The molecule has 0 fully saturated rings. The Hall–Kier alpha value is 0.780. The number of hydrogen-bond acceptors (Lipinski definition) is 8. The highest BCUT2D eigenvalue weighted by Gasteiger charge is 2.33. The van der Waals surface area contributed by atoms with Gasteiger partial charge in [0.15, 0.2) is 0 Å². The Morgan fingerprint density at radius 1 is 0.471 bits per heavy atom. The Labute approximate surface area is 244 Å². The summed E-state index contributed by atoms with van der Waals surface area (Å²) >= 11 is 28.4. The minimum Gasteiger partial charge on any atom is -0.116 e. The predicted molar refractivity (Wildman–Crippen MR) is 171 cm³/mol. The van der Waals surface area contributed by atoms with E-state index in [0.717, 1.165) is 10.0 Å². The number of halogens is 2. The van der Waals surface area contributed by atoms with E-state index >= 15 is 0 Å². The molecule has 6 rings (SSSR count). The Balaban J connectivity index is 1.54. The van der Waals surface area contributed by atoms with Gasteiger partial charge in [-0.3, -0.25) is 0 Å². The molecule has 0 amide bonds. The highest BCUT2D eigenvalue weighted by Crippen LogP contribution is 2.66. The maximum atomic E-state index is 6.31. The van der Waals surface area contributed by atoms with Crippen LogP contribution in [0.5, 0.6) is 0 Å². The molecule has 174 valence electrons. The fourth-order valence-electron chi connectivity index (χ4n) is 3.60. The molecule has 0 nitrogen and oxygen atoms in total. The molecule has 0 aliphatic carbocycles. The predicted octanol–water partition coefficient (Wildman–Crippen LogP) is 11.2. The van der Waals surface area contributed by atoms with Crippen LogP contribution in [0.1, 0.15) is 11.1 Å². The number of rotatable bonds is 3. The maximum Gasteiger partial charge on any atom is 0.0660 e. The van der Waals surface area contributed by atoms with Crippen molar-refractivity contribution < 1.29 is 0 Å². The fraction of sp³-hybridized carbons (Fsp3) is 0.167. The van der Waals surface area contributed by atoms with Crippen LogP contribution in [0.3, 0.4) is 0 Å². The molecule has 34 heavy (non-hydrogen) atoms. The Morgan fingerprint density at radius 3 is 1.06 bits per heavy atom. The van der Waals surface area contributed by atoms with Crippen molar-refractivity contribution in [3.63, 3.8) is 0 Å². The van der Waals surface area contributed by atoms with Gasteiger partial charge in [0.2, 0.25) is 0 Å². The first-order valence-corrected chi connectivity index (χ1v) is 18.3. The first-order chi connectivity index (χ1) is 16.7. The molecule has 0 saturated heterocycles. The summed E-state index contributed by atoms with van der Waals surface area (Å²) in [6.07, 6.45) is 0. The quantitative estimate of drug-likeness (QED) is 0.324. The van der Waals surface area contributed by atoms with Gasteiger partial charge in [0.05, 0.1) is 25.4 Å². The average molecular weight is 632 g/mol. The van der Waals surface area contributed by atoms with Gasteiger partial charge in [-0.1, -0.05) is 94.5 Å². The van der Waals surface area contributed by atoms with Crippen LogP contribution < -0.4 is 0 Å². The lowest BCUT2D eigenvalue weighted by Gasteiger charge is -2.19. The molecule has 2 aromatic carbocycles. The number of allylic oxidation sites excluding steroid dienone is 2. The first kappa shape index (κ1) is 25.1. The first-order valence-electron chi connectivity index (χ1n) is 10.4. The van der Waals surface area contributed by atoms with Crippen molar-refractivity contribution in [2.24, 2.45) is 0 Å². The van der Waals surface area contributed by atoms with Crippen molar-refractivity contribution in [3.8, 4) is 0 Å². The largest absolute Gasteiger partial charge is 0.116 e. The standard InChI is InChI=1S/C24H16Cl2S8/c25-15-5-1-13(2-6-15)17(19-31-21-22(32-19)28-10-9-27-21)18(14-3-7-16(26)8-4-14)20-33-23-24(34-20)30-12-11-29-23/h1-8H,9-12H2. The molecule has 0 spiro atoms. The van der Waals surface area contributed by atoms with Crippen LogP contribution in [0.15, 0.2) is 74.0 Å². The van der Waals surface area contributed by atoms with Crippen LogP contribution in [0.25, 0.3) is 11.1 Å². The van der Waals surface area contributed by atoms with Crippen molar-refractivity contribution in [2.75, 3.05) is 23.0 Å². The average Bonchev–Trinajstić information content (AvgIpc) is 3.48. The van der Waals surface area contributed by atoms with E-state index in [2.05, 4.69) is 24.3 Å². The molecule has 0 atom stereocenters. The van der Waals surface area contributed by atoms with E-state index in [4.69, 9.17) is 23.2 Å². The van der Waals surface area contributed by atoms with Crippen LogP contribution in [0.4, 0.5) is 0 Å². The van der Waals surface area contributed by atoms with Gasteiger partial charge in [-0.25, -0.2) is 0 Å². The second-order valence-electron chi connectivity index (χ2n) is 7.29. The molecular formula is C24H16Cl2S8. The summed E-state index contributed by atoms with van der Waals surface area (Å²) in [7, 11) is 0. The summed E-state index contributed by atoms with van der Waals surface area (Å²) in [4.78, 5) is 0. The van der Waals surface area contributed by atoms with Gasteiger partial charge in [-0.15, -0.1) is 47.0 Å². The maximum absolute atomic E-state index is 6.31. The highest BCUT2D eigenvalue weighted by molar-refractivity contribution is 8.42. The third-order valence-corrected chi connectivity index (χ3v) is 17.2. The minimum absolute atomic E-state index is 0.763. The van der Waals surface area contributed by atoms with Gasteiger partial charge >= 0.3 is 0 Å². The van der Waals surface area contributed by atoms with E-state index in [1.807, 2.05) is 118 Å². The molecule has 4 aliphatic heterocycles. The summed E-state index contributed by atoms with van der Waals surface area (Å²) in [5, 5.41) is 1.53. The Bertz CT molecular complexity index is 1120. The second-order valence-corrected chi connectivity index (χ2v) is 18.2. The van der Waals surface area contributed by atoms with Crippen LogP contribution in [0, 0.1) is 0 Å². The molecule has 0 unspecified atom stereocenters. The normalized spacial score (nSPS) is 20.1. The van der Waals surface area contributed by atoms with E-state index in [1.54, 1.807) is 0 Å². The zero-order chi connectivity index (χ0) is 23.1. The van der Waals surface area contributed by atoms with Crippen molar-refractivity contribution in [2.45, 2.75) is 0 Å². The van der Waals surface area contributed by atoms with E-state index < -0.39 is 0 Å². The summed E-state index contributed by atoms with van der Waals surface area (Å²) in [5.41, 5.74) is 5.01. The molecule has 0 N–H and O–H groups in total. The Kier molecular flexibility index (Phi) is 8.30. The molecule has 4 aliphatic rings. The van der Waals surface area contributed by atoms with Gasteiger partial charge in [-0.05, 0) is 35.4 Å². The van der Waals surface area contributed by atoms with Crippen molar-refractivity contribution in [3.05, 3.63) is 95.1 Å². The number of thioether (sulfide) groups is 8. The van der Waals surface area contributed by atoms with Gasteiger partial charge in [0.1, 0.15) is 0 Å². The molecule has 10 heteroatoms. The lowest BCUT2D eigenvalue weighted by molar-refractivity contribution is 1.56. The molecule has 0 saturated carbocycles. The molecule has 0 radical (unpaired) electrons. The van der Waals surface area contributed by atoms with Crippen LogP contribution in [-0.2, 0) is 0 Å². The molecular weight excluding hydrogens is 616 g/mol. The summed E-state index contributed by atoms with van der Waals surface area (Å²) in [6, 6.07) is 16.7. The van der Waals surface area contributed by atoms with Crippen molar-refractivity contribution in [1.29, 1.82) is 0 Å². The monoisotopic (exact) mass is 630 g/mol. The zero-order valence-corrected chi connectivity index (χ0v) is 25.5. The lowest BCUT2D eigenvalue weighted by Crippen LogP contribution is -1.95. The Morgan fingerprint density at radius 2 is 0.765 bits per heavy atom. The van der Waals surface area contributed by atoms with Gasteiger partial charge in [-0.2, -0.15) is 0 Å². The van der Waals surface area contributed by atoms with Crippen LogP contribution in [-0.4, -0.2) is 23.0 Å². The number of benzene rings is 2. The van der Waals surface area contributed by atoms with Crippen LogP contribution >= 0.6 is 117 Å². The van der Waals surface area contributed by atoms with Gasteiger partial charge in [0.25, 0.3) is 0 Å². The second kappa shape index (κ2) is 11.3. The van der Waals surface area contributed by atoms with E-state index in [9.17, 15) is 0 Å². The minimum atomic E-state index is 0.763. The third-order valence-electron chi connectivity index (χ3n) is 5.10. The lowest BCUT2D eigenvalue weighted by atomic mass is 9.95. The fourth-order valence-corrected chi connectivity index (χ4v) is 16.0. The zero-order valence-electron chi connectivity index (χ0n) is 17.5. The molecule has 0 bridgehead atoms. The highest BCUT2D eigenvalue weighted by atomic mass is 35.5. The number of hydrogen-bond donors (Lipinski definition) is 0. The van der Waals surface area contributed by atoms with E-state index in [1.165, 1.54) is 70.7 Å². The van der Waals surface area contributed by atoms with Crippen LogP contribution in [0.2, 0.25) is 10.0 Å². The van der Waals surface area contributed by atoms with E-state index in [0.29, 0.717) is 0 Å². The van der Waals surface area contributed by atoms with E-state index in [-0.39, 0.29) is 0 Å². The summed E-state index contributed by atoms with van der Waals surface area (Å²) in [6.45, 7) is 0. The van der Waals surface area contributed by atoms with Gasteiger partial charge in [0, 0.05) is 44.2 Å². The molecule has 2 aromatic rings. The SMILES string of the molecule is Clc1ccc(C(=C2SC3=C(SCCS3)S2)C(=C2SC3=C(SCCS3)S2)c2ccc(Cl)cc2)cc1. The van der Waals surface area contributed by atoms with Crippen molar-refractivity contribution >= 4 is 128 Å². The molecule has 0 aromatic heterocycles. The van der Waals surface area contributed by atoms with Gasteiger partial charge < -0.3 is 0 Å². The van der Waals surface area contributed by atoms with Crippen molar-refractivity contribution in [1.82, 2.24) is 0 Å². The summed E-state index contributed by atoms with van der Waals surface area (Å²) < 4.78 is 8.55.